The molecule has 0 saturated carbocycles. The lowest BCUT2D eigenvalue weighted by molar-refractivity contribution is -0.274. The Hall–Kier alpha value is -3.05. The van der Waals surface area contributed by atoms with E-state index in [1.54, 1.807) is 18.2 Å². The summed E-state index contributed by atoms with van der Waals surface area (Å²) in [6.45, 7) is 1.73. The Labute approximate surface area is 190 Å². The minimum Gasteiger partial charge on any atom is -0.486 e. The zero-order valence-corrected chi connectivity index (χ0v) is 18.1. The van der Waals surface area contributed by atoms with Gasteiger partial charge in [-0.15, -0.1) is 13.2 Å². The van der Waals surface area contributed by atoms with Crippen molar-refractivity contribution in [2.75, 3.05) is 31.3 Å². The number of benzene rings is 2. The van der Waals surface area contributed by atoms with E-state index in [0.29, 0.717) is 52.2 Å². The van der Waals surface area contributed by atoms with Crippen LogP contribution < -0.4 is 19.1 Å². The molecule has 33 heavy (non-hydrogen) atoms. The number of amides is 1. The molecule has 1 atom stereocenters. The lowest BCUT2D eigenvalue weighted by Gasteiger charge is -2.24. The van der Waals surface area contributed by atoms with Gasteiger partial charge in [0.2, 0.25) is 0 Å². The van der Waals surface area contributed by atoms with Crippen molar-refractivity contribution in [3.8, 4) is 17.2 Å². The summed E-state index contributed by atoms with van der Waals surface area (Å²) in [5.41, 5.74) is 0.856. The quantitative estimate of drug-likeness (QED) is 0.523. The number of ether oxygens (including phenoxy) is 4. The average molecular weight is 480 g/mol. The maximum Gasteiger partial charge on any atom is 0.573 e. The first kappa shape index (κ1) is 21.8. The number of aromatic nitrogens is 1. The summed E-state index contributed by atoms with van der Waals surface area (Å²) in [6.07, 6.45) is -3.24. The van der Waals surface area contributed by atoms with Gasteiger partial charge in [-0.3, -0.25) is 9.69 Å². The number of carbonyl (C=O) groups excluding carboxylic acids is 1. The molecule has 2 aliphatic heterocycles. The second kappa shape index (κ2) is 8.71. The van der Waals surface area contributed by atoms with E-state index in [0.717, 1.165) is 24.2 Å². The topological polar surface area (TPSA) is 70.1 Å². The Bertz CT molecular complexity index is 1180. The second-order valence-corrected chi connectivity index (χ2v) is 8.59. The largest absolute Gasteiger partial charge is 0.573 e. The molecule has 0 spiro atoms. The molecule has 174 valence electrons. The number of carbonyl (C=O) groups is 1. The SMILES string of the molecule is O=C(c1ccc2c(c1)OCCO2)N(CC1CCCO1)c1nc2ccc(OC(F)(F)F)cc2s1. The van der Waals surface area contributed by atoms with Gasteiger partial charge >= 0.3 is 6.36 Å². The molecule has 11 heteroatoms. The fourth-order valence-electron chi connectivity index (χ4n) is 3.78. The smallest absolute Gasteiger partial charge is 0.486 e. The van der Waals surface area contributed by atoms with Crippen molar-refractivity contribution in [3.63, 3.8) is 0 Å². The Kier molecular flexibility index (Phi) is 5.75. The third kappa shape index (κ3) is 4.83. The van der Waals surface area contributed by atoms with Crippen LogP contribution >= 0.6 is 11.3 Å². The number of anilines is 1. The summed E-state index contributed by atoms with van der Waals surface area (Å²) in [7, 11) is 0. The van der Waals surface area contributed by atoms with Crippen LogP contribution in [0.3, 0.4) is 0 Å². The van der Waals surface area contributed by atoms with Crippen LogP contribution in [0.2, 0.25) is 0 Å². The van der Waals surface area contributed by atoms with Gasteiger partial charge in [0.25, 0.3) is 5.91 Å². The van der Waals surface area contributed by atoms with Crippen molar-refractivity contribution < 1.29 is 36.9 Å². The zero-order chi connectivity index (χ0) is 23.0. The molecule has 0 aliphatic carbocycles. The molecule has 3 heterocycles. The molecule has 7 nitrogen and oxygen atoms in total. The highest BCUT2D eigenvalue weighted by Crippen LogP contribution is 2.36. The number of halogens is 3. The molecule has 1 saturated heterocycles. The van der Waals surface area contributed by atoms with E-state index in [4.69, 9.17) is 14.2 Å². The summed E-state index contributed by atoms with van der Waals surface area (Å²) in [5.74, 6) is 0.408. The summed E-state index contributed by atoms with van der Waals surface area (Å²) >= 11 is 1.12. The third-order valence-electron chi connectivity index (χ3n) is 5.26. The highest BCUT2D eigenvalue weighted by molar-refractivity contribution is 7.22. The van der Waals surface area contributed by atoms with Crippen LogP contribution in [-0.2, 0) is 4.74 Å². The summed E-state index contributed by atoms with van der Waals surface area (Å²) in [4.78, 5) is 19.5. The maximum atomic E-state index is 13.5. The number of fused-ring (bicyclic) bond motifs is 2. The van der Waals surface area contributed by atoms with E-state index in [1.165, 1.54) is 23.1 Å². The minimum atomic E-state index is -4.79. The molecule has 2 aliphatic rings. The van der Waals surface area contributed by atoms with Gasteiger partial charge in [-0.25, -0.2) is 4.98 Å². The number of rotatable bonds is 5. The fraction of sp³-hybridized carbons (Fsp3) is 0.364. The fourth-order valence-corrected chi connectivity index (χ4v) is 4.78. The lowest BCUT2D eigenvalue weighted by Crippen LogP contribution is -2.37. The van der Waals surface area contributed by atoms with Gasteiger partial charge < -0.3 is 18.9 Å². The van der Waals surface area contributed by atoms with Crippen LogP contribution in [0.5, 0.6) is 17.2 Å². The Morgan fingerprint density at radius 2 is 1.94 bits per heavy atom. The first-order chi connectivity index (χ1) is 15.9. The van der Waals surface area contributed by atoms with Crippen molar-refractivity contribution in [2.45, 2.75) is 25.3 Å². The van der Waals surface area contributed by atoms with Crippen LogP contribution in [0.25, 0.3) is 10.2 Å². The lowest BCUT2D eigenvalue weighted by atomic mass is 10.1. The monoisotopic (exact) mass is 480 g/mol. The van der Waals surface area contributed by atoms with Gasteiger partial charge in [-0.2, -0.15) is 0 Å². The van der Waals surface area contributed by atoms with E-state index >= 15 is 0 Å². The maximum absolute atomic E-state index is 13.5. The third-order valence-corrected chi connectivity index (χ3v) is 6.30. The normalized spacial score (nSPS) is 17.8. The molecule has 2 aromatic carbocycles. The highest BCUT2D eigenvalue weighted by Gasteiger charge is 2.32. The average Bonchev–Trinajstić information content (AvgIpc) is 3.45. The first-order valence-electron chi connectivity index (χ1n) is 10.4. The van der Waals surface area contributed by atoms with Crippen LogP contribution in [-0.4, -0.2) is 49.7 Å². The van der Waals surface area contributed by atoms with Crippen LogP contribution in [0, 0.1) is 0 Å². The summed E-state index contributed by atoms with van der Waals surface area (Å²) < 4.78 is 59.1. The molecular weight excluding hydrogens is 461 g/mol. The van der Waals surface area contributed by atoms with E-state index in [2.05, 4.69) is 9.72 Å². The Morgan fingerprint density at radius 1 is 1.12 bits per heavy atom. The molecule has 1 aromatic heterocycles. The van der Waals surface area contributed by atoms with Gasteiger partial charge in [0.15, 0.2) is 16.6 Å². The van der Waals surface area contributed by atoms with E-state index in [1.807, 2.05) is 0 Å². The molecule has 0 N–H and O–H groups in total. The number of thiazole rings is 1. The molecule has 1 unspecified atom stereocenters. The second-order valence-electron chi connectivity index (χ2n) is 7.58. The molecule has 0 radical (unpaired) electrons. The van der Waals surface area contributed by atoms with Gasteiger partial charge in [0.1, 0.15) is 19.0 Å². The molecular formula is C22H19F3N2O5S. The number of hydrogen-bond acceptors (Lipinski definition) is 7. The number of alkyl halides is 3. The predicted octanol–water partition coefficient (Wildman–Crippen LogP) is 4.79. The van der Waals surface area contributed by atoms with Gasteiger partial charge in [-0.1, -0.05) is 11.3 Å². The van der Waals surface area contributed by atoms with E-state index in [-0.39, 0.29) is 24.3 Å². The molecule has 5 rings (SSSR count). The summed E-state index contributed by atoms with van der Waals surface area (Å²) in [6, 6.07) is 8.87. The van der Waals surface area contributed by atoms with Gasteiger partial charge in [0.05, 0.1) is 22.9 Å². The van der Waals surface area contributed by atoms with Crippen molar-refractivity contribution in [1.82, 2.24) is 4.98 Å². The predicted molar refractivity (Wildman–Crippen MR) is 114 cm³/mol. The van der Waals surface area contributed by atoms with Crippen molar-refractivity contribution in [2.24, 2.45) is 0 Å². The van der Waals surface area contributed by atoms with Crippen LogP contribution in [0.15, 0.2) is 36.4 Å². The van der Waals surface area contributed by atoms with Crippen molar-refractivity contribution in [3.05, 3.63) is 42.0 Å². The van der Waals surface area contributed by atoms with Crippen LogP contribution in [0.4, 0.5) is 18.3 Å². The van der Waals surface area contributed by atoms with E-state index < -0.39 is 6.36 Å². The standard InChI is InChI=1S/C22H19F3N2O5S/c23-22(24,25)32-14-4-5-16-19(11-14)33-21(26-16)27(12-15-2-1-7-29-15)20(28)13-3-6-17-18(10-13)31-9-8-30-17/h3-6,10-11,15H,1-2,7-9,12H2. The minimum absolute atomic E-state index is 0.151. The van der Waals surface area contributed by atoms with Crippen molar-refractivity contribution >= 4 is 32.6 Å². The van der Waals surface area contributed by atoms with Gasteiger partial charge in [-0.05, 0) is 43.2 Å². The molecule has 1 fully saturated rings. The van der Waals surface area contributed by atoms with Gasteiger partial charge in [0, 0.05) is 18.2 Å². The highest BCUT2D eigenvalue weighted by atomic mass is 32.1. The van der Waals surface area contributed by atoms with Crippen molar-refractivity contribution in [1.29, 1.82) is 0 Å². The summed E-state index contributed by atoms with van der Waals surface area (Å²) in [5, 5.41) is 0.365. The molecule has 3 aromatic rings. The Balaban J connectivity index is 1.48. The van der Waals surface area contributed by atoms with Crippen LogP contribution in [0.1, 0.15) is 23.2 Å². The Morgan fingerprint density at radius 3 is 2.70 bits per heavy atom. The van der Waals surface area contributed by atoms with E-state index in [9.17, 15) is 18.0 Å². The molecule has 1 amide bonds. The molecule has 0 bridgehead atoms. The zero-order valence-electron chi connectivity index (χ0n) is 17.3. The number of hydrogen-bond donors (Lipinski definition) is 0. The number of nitrogens with zero attached hydrogens (tertiary/aromatic N) is 2. The first-order valence-corrected chi connectivity index (χ1v) is 11.2.